The van der Waals surface area contributed by atoms with Gasteiger partial charge in [-0.05, 0) is 36.2 Å². The van der Waals surface area contributed by atoms with Crippen molar-refractivity contribution in [2.75, 3.05) is 7.05 Å². The number of hydrogen-bond donors (Lipinski definition) is 1. The van der Waals surface area contributed by atoms with Crippen LogP contribution in [0.2, 0.25) is 0 Å². The summed E-state index contributed by atoms with van der Waals surface area (Å²) in [5.74, 6) is -1.03. The summed E-state index contributed by atoms with van der Waals surface area (Å²) < 4.78 is 37.9. The van der Waals surface area contributed by atoms with E-state index in [9.17, 15) is 22.8 Å². The molecule has 138 valence electrons. The third-order valence-corrected chi connectivity index (χ3v) is 4.08. The molecule has 2 rings (SSSR count). The van der Waals surface area contributed by atoms with E-state index >= 15 is 0 Å². The summed E-state index contributed by atoms with van der Waals surface area (Å²) in [5, 5.41) is 0. The zero-order chi connectivity index (χ0) is 19.3. The van der Waals surface area contributed by atoms with Crippen molar-refractivity contribution < 1.29 is 22.8 Å². The molecule has 1 unspecified atom stereocenters. The number of rotatable bonds is 6. The second kappa shape index (κ2) is 8.03. The topological polar surface area (TPSA) is 63.4 Å². The largest absolute Gasteiger partial charge is 0.416 e. The molecule has 0 saturated heterocycles. The van der Waals surface area contributed by atoms with Crippen LogP contribution in [0.3, 0.4) is 0 Å². The highest BCUT2D eigenvalue weighted by molar-refractivity contribution is 5.94. The fourth-order valence-electron chi connectivity index (χ4n) is 2.64. The van der Waals surface area contributed by atoms with Crippen LogP contribution in [0.5, 0.6) is 0 Å². The Morgan fingerprint density at radius 2 is 1.62 bits per heavy atom. The van der Waals surface area contributed by atoms with Gasteiger partial charge in [-0.15, -0.1) is 0 Å². The van der Waals surface area contributed by atoms with Crippen LogP contribution in [-0.2, 0) is 17.4 Å². The van der Waals surface area contributed by atoms with Gasteiger partial charge in [0, 0.05) is 25.1 Å². The summed E-state index contributed by atoms with van der Waals surface area (Å²) in [7, 11) is 1.51. The fraction of sp³-hybridized carbons (Fsp3) is 0.263. The maximum atomic E-state index is 12.6. The number of amides is 2. The van der Waals surface area contributed by atoms with Crippen LogP contribution in [0, 0.1) is 0 Å². The number of benzene rings is 2. The number of likely N-dealkylation sites (N-methyl/N-ethyl adjacent to an activating group) is 1. The average molecular weight is 364 g/mol. The van der Waals surface area contributed by atoms with Crippen molar-refractivity contribution in [3.05, 3.63) is 71.3 Å². The van der Waals surface area contributed by atoms with Gasteiger partial charge in [0.25, 0.3) is 5.91 Å². The van der Waals surface area contributed by atoms with Gasteiger partial charge in [-0.3, -0.25) is 9.59 Å². The van der Waals surface area contributed by atoms with E-state index in [0.29, 0.717) is 6.42 Å². The highest BCUT2D eigenvalue weighted by Crippen LogP contribution is 2.29. The summed E-state index contributed by atoms with van der Waals surface area (Å²) in [6, 6.07) is 12.8. The van der Waals surface area contributed by atoms with Crippen LogP contribution in [0.25, 0.3) is 0 Å². The third-order valence-electron chi connectivity index (χ3n) is 4.08. The lowest BCUT2D eigenvalue weighted by molar-refractivity contribution is -0.137. The molecule has 2 aromatic rings. The minimum atomic E-state index is -4.46. The Labute approximate surface area is 149 Å². The van der Waals surface area contributed by atoms with Gasteiger partial charge in [0.2, 0.25) is 5.91 Å². The van der Waals surface area contributed by atoms with Crippen molar-refractivity contribution in [2.45, 2.75) is 25.1 Å². The average Bonchev–Trinajstić information content (AvgIpc) is 2.60. The molecule has 2 amide bonds. The van der Waals surface area contributed by atoms with E-state index in [1.165, 1.54) is 11.9 Å². The Balaban J connectivity index is 2.19. The summed E-state index contributed by atoms with van der Waals surface area (Å²) in [4.78, 5) is 25.3. The lowest BCUT2D eigenvalue weighted by atomic mass is 10.0. The van der Waals surface area contributed by atoms with Gasteiger partial charge >= 0.3 is 6.18 Å². The molecule has 0 saturated carbocycles. The van der Waals surface area contributed by atoms with Crippen molar-refractivity contribution in [2.24, 2.45) is 5.73 Å². The maximum Gasteiger partial charge on any atom is 0.416 e. The molecule has 0 fully saturated rings. The Kier molecular flexibility index (Phi) is 6.02. The lowest BCUT2D eigenvalue weighted by Crippen LogP contribution is -2.41. The molecule has 0 radical (unpaired) electrons. The minimum absolute atomic E-state index is 0.0439. The smallest absolute Gasteiger partial charge is 0.370 e. The Morgan fingerprint density at radius 3 is 2.12 bits per heavy atom. The molecule has 7 heteroatoms. The monoisotopic (exact) mass is 364 g/mol. The van der Waals surface area contributed by atoms with Gasteiger partial charge in [0.1, 0.15) is 0 Å². The first-order valence-corrected chi connectivity index (χ1v) is 7.95. The van der Waals surface area contributed by atoms with Crippen LogP contribution in [0.4, 0.5) is 13.2 Å². The van der Waals surface area contributed by atoms with Crippen LogP contribution in [0.1, 0.15) is 27.9 Å². The molecular formula is C19H19F3N2O2. The number of hydrogen-bond acceptors (Lipinski definition) is 2. The molecule has 0 aliphatic rings. The fourth-order valence-corrected chi connectivity index (χ4v) is 2.64. The summed E-state index contributed by atoms with van der Waals surface area (Å²) >= 11 is 0. The number of alkyl halides is 3. The first kappa shape index (κ1) is 19.5. The molecular weight excluding hydrogens is 345 g/mol. The Morgan fingerprint density at radius 1 is 1.04 bits per heavy atom. The van der Waals surface area contributed by atoms with Crippen LogP contribution < -0.4 is 5.73 Å². The van der Waals surface area contributed by atoms with Crippen LogP contribution in [-0.4, -0.2) is 29.8 Å². The zero-order valence-corrected chi connectivity index (χ0v) is 14.2. The van der Waals surface area contributed by atoms with Gasteiger partial charge < -0.3 is 10.6 Å². The highest BCUT2D eigenvalue weighted by atomic mass is 19.4. The molecule has 0 bridgehead atoms. The van der Waals surface area contributed by atoms with Gasteiger partial charge in [-0.25, -0.2) is 0 Å². The molecule has 0 aromatic heterocycles. The van der Waals surface area contributed by atoms with Crippen molar-refractivity contribution in [1.29, 1.82) is 0 Å². The zero-order valence-electron chi connectivity index (χ0n) is 14.2. The Hall–Kier alpha value is -2.83. The third kappa shape index (κ3) is 5.08. The predicted molar refractivity (Wildman–Crippen MR) is 91.3 cm³/mol. The second-order valence-electron chi connectivity index (χ2n) is 6.01. The van der Waals surface area contributed by atoms with Crippen molar-refractivity contribution in [1.82, 2.24) is 4.90 Å². The normalized spacial score (nSPS) is 12.5. The van der Waals surface area contributed by atoms with Gasteiger partial charge in [0.15, 0.2) is 0 Å². The molecule has 0 spiro atoms. The molecule has 4 nitrogen and oxygen atoms in total. The molecule has 0 aliphatic carbocycles. The summed E-state index contributed by atoms with van der Waals surface area (Å²) in [5.41, 5.74) is 5.50. The summed E-state index contributed by atoms with van der Waals surface area (Å²) in [6.07, 6.45) is -4.10. The van der Waals surface area contributed by atoms with Crippen LogP contribution in [0.15, 0.2) is 54.6 Å². The molecule has 0 heterocycles. The predicted octanol–water partition coefficient (Wildman–Crippen LogP) is 3.26. The van der Waals surface area contributed by atoms with E-state index in [1.54, 1.807) is 0 Å². The minimum Gasteiger partial charge on any atom is -0.370 e. The first-order chi connectivity index (χ1) is 12.2. The lowest BCUT2D eigenvalue weighted by Gasteiger charge is -2.28. The number of primary amides is 1. The highest BCUT2D eigenvalue weighted by Gasteiger charge is 2.30. The molecule has 26 heavy (non-hydrogen) atoms. The van der Waals surface area contributed by atoms with Gasteiger partial charge in [-0.2, -0.15) is 13.2 Å². The first-order valence-electron chi connectivity index (χ1n) is 7.95. The van der Waals surface area contributed by atoms with E-state index in [0.717, 1.165) is 29.8 Å². The van der Waals surface area contributed by atoms with Crippen molar-refractivity contribution >= 4 is 11.8 Å². The van der Waals surface area contributed by atoms with E-state index < -0.39 is 29.6 Å². The quantitative estimate of drug-likeness (QED) is 0.855. The second-order valence-corrected chi connectivity index (χ2v) is 6.01. The standard InChI is InChI=1S/C19H19F3N2O2/c1-24(16(12-17(23)25)11-13-5-3-2-4-6-13)18(26)14-7-9-15(10-8-14)19(20,21)22/h2-10,16H,11-12H2,1H3,(H2,23,25). The van der Waals surface area contributed by atoms with E-state index in [2.05, 4.69) is 0 Å². The molecule has 2 N–H and O–H groups in total. The number of nitrogens with two attached hydrogens (primary N) is 1. The SMILES string of the molecule is CN(C(=O)c1ccc(C(F)(F)F)cc1)C(CC(N)=O)Cc1ccccc1. The molecule has 1 atom stereocenters. The number of halogens is 3. The summed E-state index contributed by atoms with van der Waals surface area (Å²) in [6.45, 7) is 0. The van der Waals surface area contributed by atoms with E-state index in [1.807, 2.05) is 30.3 Å². The van der Waals surface area contributed by atoms with Gasteiger partial charge in [0.05, 0.1) is 5.56 Å². The van der Waals surface area contributed by atoms with E-state index in [4.69, 9.17) is 5.73 Å². The maximum absolute atomic E-state index is 12.6. The van der Waals surface area contributed by atoms with E-state index in [-0.39, 0.29) is 12.0 Å². The molecule has 0 aliphatic heterocycles. The van der Waals surface area contributed by atoms with Gasteiger partial charge in [-0.1, -0.05) is 30.3 Å². The molecule has 2 aromatic carbocycles. The number of carbonyl (C=O) groups is 2. The number of carbonyl (C=O) groups excluding carboxylic acids is 2. The van der Waals surface area contributed by atoms with Crippen LogP contribution >= 0.6 is 0 Å². The van der Waals surface area contributed by atoms with Crippen molar-refractivity contribution in [3.8, 4) is 0 Å². The Bertz CT molecular complexity index is 759. The van der Waals surface area contributed by atoms with Crippen molar-refractivity contribution in [3.63, 3.8) is 0 Å². The number of nitrogens with zero attached hydrogens (tertiary/aromatic N) is 1.